The summed E-state index contributed by atoms with van der Waals surface area (Å²) in [4.78, 5) is 12.1. The van der Waals surface area contributed by atoms with Crippen molar-refractivity contribution in [2.24, 2.45) is 7.05 Å². The van der Waals surface area contributed by atoms with E-state index in [0.717, 1.165) is 16.6 Å². The molecule has 2 aromatic rings. The van der Waals surface area contributed by atoms with Crippen LogP contribution in [0.25, 0.3) is 10.9 Å². The second-order valence-corrected chi connectivity index (χ2v) is 4.83. The zero-order chi connectivity index (χ0) is 13.3. The summed E-state index contributed by atoms with van der Waals surface area (Å²) in [7, 11) is 1.92. The topological polar surface area (TPSA) is 31.2 Å². The van der Waals surface area contributed by atoms with Gasteiger partial charge in [0.2, 0.25) is 0 Å². The fourth-order valence-corrected chi connectivity index (χ4v) is 2.55. The number of aromatic nitrogens is 1. The molecule has 0 aliphatic carbocycles. The normalized spacial score (nSPS) is 12.7. The first-order valence-electron chi connectivity index (χ1n) is 5.96. The highest BCUT2D eigenvalue weighted by atomic mass is 35.5. The van der Waals surface area contributed by atoms with Crippen LogP contribution in [0.1, 0.15) is 35.3 Å². The maximum Gasteiger partial charge on any atom is 0.340 e. The van der Waals surface area contributed by atoms with Crippen LogP contribution >= 0.6 is 11.6 Å². The number of carbonyl (C=O) groups excluding carboxylic acids is 1. The van der Waals surface area contributed by atoms with Gasteiger partial charge in [0.1, 0.15) is 0 Å². The van der Waals surface area contributed by atoms with Gasteiger partial charge in [-0.1, -0.05) is 18.2 Å². The van der Waals surface area contributed by atoms with Gasteiger partial charge in [-0.15, -0.1) is 11.6 Å². The van der Waals surface area contributed by atoms with Crippen LogP contribution in [0, 0.1) is 0 Å². The number of rotatable bonds is 3. The smallest absolute Gasteiger partial charge is 0.340 e. The molecule has 0 fully saturated rings. The van der Waals surface area contributed by atoms with Crippen LogP contribution in [0.3, 0.4) is 0 Å². The van der Waals surface area contributed by atoms with E-state index < -0.39 is 0 Å². The van der Waals surface area contributed by atoms with Crippen LogP contribution in [-0.4, -0.2) is 17.1 Å². The SMILES string of the molecule is CCOC(=O)c1c(C(C)Cl)n(C)c2ccccc12. The monoisotopic (exact) mass is 265 g/mol. The highest BCUT2D eigenvalue weighted by Crippen LogP contribution is 2.32. The molecule has 4 heteroatoms. The molecule has 1 aromatic heterocycles. The van der Waals surface area contributed by atoms with Gasteiger partial charge in [0.15, 0.2) is 0 Å². The summed E-state index contributed by atoms with van der Waals surface area (Å²) in [6, 6.07) is 7.75. The number of carbonyl (C=O) groups is 1. The van der Waals surface area contributed by atoms with Gasteiger partial charge in [-0.25, -0.2) is 4.79 Å². The number of ether oxygens (including phenoxy) is 1. The van der Waals surface area contributed by atoms with Crippen molar-refractivity contribution < 1.29 is 9.53 Å². The van der Waals surface area contributed by atoms with Crippen LogP contribution in [0.15, 0.2) is 24.3 Å². The van der Waals surface area contributed by atoms with E-state index in [1.165, 1.54) is 0 Å². The zero-order valence-electron chi connectivity index (χ0n) is 10.7. The molecule has 0 saturated carbocycles. The Labute approximate surface area is 111 Å². The fourth-order valence-electron chi connectivity index (χ4n) is 2.30. The second-order valence-electron chi connectivity index (χ2n) is 4.17. The van der Waals surface area contributed by atoms with Gasteiger partial charge in [0, 0.05) is 18.0 Å². The van der Waals surface area contributed by atoms with Crippen molar-refractivity contribution in [3.63, 3.8) is 0 Å². The lowest BCUT2D eigenvalue weighted by atomic mass is 10.1. The summed E-state index contributed by atoms with van der Waals surface area (Å²) in [6.07, 6.45) is 0. The lowest BCUT2D eigenvalue weighted by Crippen LogP contribution is -2.09. The van der Waals surface area contributed by atoms with Crippen LogP contribution in [0.5, 0.6) is 0 Å². The summed E-state index contributed by atoms with van der Waals surface area (Å²) in [5, 5.41) is 0.641. The molecule has 3 nitrogen and oxygen atoms in total. The lowest BCUT2D eigenvalue weighted by Gasteiger charge is -2.09. The molecule has 2 rings (SSSR count). The molecule has 1 unspecified atom stereocenters. The zero-order valence-corrected chi connectivity index (χ0v) is 11.5. The van der Waals surface area contributed by atoms with E-state index in [1.807, 2.05) is 42.8 Å². The van der Waals surface area contributed by atoms with Gasteiger partial charge in [-0.3, -0.25) is 0 Å². The Bertz CT molecular complexity index is 587. The van der Waals surface area contributed by atoms with Gasteiger partial charge in [0.05, 0.1) is 23.2 Å². The summed E-state index contributed by atoms with van der Waals surface area (Å²) in [5.41, 5.74) is 2.37. The average Bonchev–Trinajstić information content (AvgIpc) is 2.64. The van der Waals surface area contributed by atoms with Crippen molar-refractivity contribution in [1.29, 1.82) is 0 Å². The number of aryl methyl sites for hydroxylation is 1. The molecule has 0 bridgehead atoms. The van der Waals surface area contributed by atoms with E-state index >= 15 is 0 Å². The summed E-state index contributed by atoms with van der Waals surface area (Å²) in [6.45, 7) is 4.02. The molecule has 0 aliphatic rings. The Hall–Kier alpha value is -1.48. The Balaban J connectivity index is 2.75. The van der Waals surface area contributed by atoms with Crippen molar-refractivity contribution >= 4 is 28.5 Å². The number of esters is 1. The molecule has 1 aromatic carbocycles. The van der Waals surface area contributed by atoms with E-state index in [9.17, 15) is 4.79 Å². The first-order chi connectivity index (χ1) is 8.57. The van der Waals surface area contributed by atoms with Gasteiger partial charge in [-0.2, -0.15) is 0 Å². The lowest BCUT2D eigenvalue weighted by molar-refractivity contribution is 0.0527. The minimum Gasteiger partial charge on any atom is -0.462 e. The first kappa shape index (κ1) is 13.0. The molecule has 18 heavy (non-hydrogen) atoms. The molecule has 1 heterocycles. The third-order valence-electron chi connectivity index (χ3n) is 3.01. The molecule has 0 spiro atoms. The molecule has 96 valence electrons. The number of benzene rings is 1. The quantitative estimate of drug-likeness (QED) is 0.626. The minimum absolute atomic E-state index is 0.248. The second kappa shape index (κ2) is 5.02. The molecule has 1 atom stereocenters. The number of hydrogen-bond donors (Lipinski definition) is 0. The van der Waals surface area contributed by atoms with E-state index in [-0.39, 0.29) is 11.3 Å². The van der Waals surface area contributed by atoms with Gasteiger partial charge >= 0.3 is 5.97 Å². The van der Waals surface area contributed by atoms with Crippen molar-refractivity contribution in [2.45, 2.75) is 19.2 Å². The predicted octanol–water partition coefficient (Wildman–Crippen LogP) is 3.65. The third-order valence-corrected chi connectivity index (χ3v) is 3.22. The molecule has 0 amide bonds. The highest BCUT2D eigenvalue weighted by molar-refractivity contribution is 6.22. The Morgan fingerprint density at radius 2 is 2.11 bits per heavy atom. The maximum absolute atomic E-state index is 12.1. The van der Waals surface area contributed by atoms with Crippen molar-refractivity contribution in [3.05, 3.63) is 35.5 Å². The van der Waals surface area contributed by atoms with E-state index in [1.54, 1.807) is 6.92 Å². The van der Waals surface area contributed by atoms with Crippen LogP contribution in [-0.2, 0) is 11.8 Å². The summed E-state index contributed by atoms with van der Waals surface area (Å²) >= 11 is 6.20. The van der Waals surface area contributed by atoms with E-state index in [4.69, 9.17) is 16.3 Å². The summed E-state index contributed by atoms with van der Waals surface area (Å²) in [5.74, 6) is -0.309. The standard InChI is InChI=1S/C14H16ClNO2/c1-4-18-14(17)12-10-7-5-6-8-11(10)16(3)13(12)9(2)15/h5-9H,4H2,1-3H3. The Morgan fingerprint density at radius 1 is 1.44 bits per heavy atom. The number of alkyl halides is 1. The summed E-state index contributed by atoms with van der Waals surface area (Å²) < 4.78 is 7.09. The number of hydrogen-bond acceptors (Lipinski definition) is 2. The Kier molecular flexibility index (Phi) is 3.62. The number of nitrogens with zero attached hydrogens (tertiary/aromatic N) is 1. The largest absolute Gasteiger partial charge is 0.462 e. The number of para-hydroxylation sites is 1. The van der Waals surface area contributed by atoms with Crippen LogP contribution in [0.2, 0.25) is 0 Å². The molecule has 0 N–H and O–H groups in total. The van der Waals surface area contributed by atoms with Crippen molar-refractivity contribution in [3.8, 4) is 0 Å². The predicted molar refractivity (Wildman–Crippen MR) is 73.1 cm³/mol. The first-order valence-corrected chi connectivity index (χ1v) is 6.40. The number of halogens is 1. The fraction of sp³-hybridized carbons (Fsp3) is 0.357. The third kappa shape index (κ3) is 1.99. The number of fused-ring (bicyclic) bond motifs is 1. The molecular weight excluding hydrogens is 250 g/mol. The van der Waals surface area contributed by atoms with E-state index in [2.05, 4.69) is 0 Å². The van der Waals surface area contributed by atoms with Crippen LogP contribution < -0.4 is 0 Å². The molecular formula is C14H16ClNO2. The Morgan fingerprint density at radius 3 is 2.72 bits per heavy atom. The van der Waals surface area contributed by atoms with Gasteiger partial charge < -0.3 is 9.30 Å². The van der Waals surface area contributed by atoms with E-state index in [0.29, 0.717) is 12.2 Å². The van der Waals surface area contributed by atoms with Crippen LogP contribution in [0.4, 0.5) is 0 Å². The van der Waals surface area contributed by atoms with Crippen molar-refractivity contribution in [1.82, 2.24) is 4.57 Å². The molecule has 0 aliphatic heterocycles. The molecule has 0 radical (unpaired) electrons. The highest BCUT2D eigenvalue weighted by Gasteiger charge is 2.24. The van der Waals surface area contributed by atoms with Gasteiger partial charge in [0.25, 0.3) is 0 Å². The van der Waals surface area contributed by atoms with Gasteiger partial charge in [-0.05, 0) is 19.9 Å². The van der Waals surface area contributed by atoms with Crippen molar-refractivity contribution in [2.75, 3.05) is 6.61 Å². The molecule has 0 saturated heterocycles. The maximum atomic E-state index is 12.1. The average molecular weight is 266 g/mol. The minimum atomic E-state index is -0.309.